The predicted octanol–water partition coefficient (Wildman–Crippen LogP) is 4.08. The number of nitrogens with zero attached hydrogens (tertiary/aromatic N) is 2. The summed E-state index contributed by atoms with van der Waals surface area (Å²) in [5.74, 6) is 1.70. The van der Waals surface area contributed by atoms with Crippen LogP contribution in [0.3, 0.4) is 0 Å². The van der Waals surface area contributed by atoms with E-state index in [-0.39, 0.29) is 0 Å². The highest BCUT2D eigenvalue weighted by Gasteiger charge is 2.29. The van der Waals surface area contributed by atoms with Crippen LogP contribution in [0.2, 0.25) is 5.02 Å². The molecule has 0 bridgehead atoms. The largest absolute Gasteiger partial charge is 0.383 e. The van der Waals surface area contributed by atoms with E-state index >= 15 is 0 Å². The van der Waals surface area contributed by atoms with Crippen molar-refractivity contribution in [3.05, 3.63) is 26.6 Å². The summed E-state index contributed by atoms with van der Waals surface area (Å²) in [5, 5.41) is 2.58. The minimum atomic E-state index is 0.501. The minimum absolute atomic E-state index is 0.501. The Morgan fingerprint density at radius 2 is 2.18 bits per heavy atom. The molecule has 0 spiro atoms. The standard InChI is InChI=1S/C11H9BrClN3S/c12-8-9(5-1-2-5)15-11(16-10(8)14)7-3-6(13)4-17-7/h3-5H,1-2H2,(H2,14,15,16). The highest BCUT2D eigenvalue weighted by Crippen LogP contribution is 2.44. The average Bonchev–Trinajstić information content (AvgIpc) is 3.05. The molecule has 1 aliphatic rings. The first-order chi connectivity index (χ1) is 8.15. The molecular formula is C11H9BrClN3S. The zero-order valence-electron chi connectivity index (χ0n) is 8.78. The van der Waals surface area contributed by atoms with Gasteiger partial charge in [0, 0.05) is 11.3 Å². The van der Waals surface area contributed by atoms with E-state index < -0.39 is 0 Å². The molecule has 0 saturated heterocycles. The maximum absolute atomic E-state index is 5.91. The number of hydrogen-bond donors (Lipinski definition) is 1. The molecule has 88 valence electrons. The van der Waals surface area contributed by atoms with Crippen LogP contribution in [0.5, 0.6) is 0 Å². The van der Waals surface area contributed by atoms with Crippen LogP contribution >= 0.6 is 38.9 Å². The normalized spacial score (nSPS) is 15.2. The lowest BCUT2D eigenvalue weighted by Gasteiger charge is -2.06. The van der Waals surface area contributed by atoms with Crippen LogP contribution < -0.4 is 5.73 Å². The fraction of sp³-hybridized carbons (Fsp3) is 0.273. The summed E-state index contributed by atoms with van der Waals surface area (Å²) in [6.07, 6.45) is 2.36. The van der Waals surface area contributed by atoms with Crippen molar-refractivity contribution >= 4 is 44.7 Å². The Balaban J connectivity index is 2.11. The monoisotopic (exact) mass is 329 g/mol. The first kappa shape index (κ1) is 11.4. The van der Waals surface area contributed by atoms with Crippen LogP contribution in [0.1, 0.15) is 24.5 Å². The summed E-state index contributed by atoms with van der Waals surface area (Å²) >= 11 is 10.9. The third-order valence-electron chi connectivity index (χ3n) is 2.65. The number of aromatic nitrogens is 2. The van der Waals surface area contributed by atoms with E-state index in [4.69, 9.17) is 17.3 Å². The molecule has 6 heteroatoms. The summed E-state index contributed by atoms with van der Waals surface area (Å²) in [6.45, 7) is 0. The van der Waals surface area contributed by atoms with E-state index in [9.17, 15) is 0 Å². The average molecular weight is 331 g/mol. The Morgan fingerprint density at radius 3 is 2.76 bits per heavy atom. The van der Waals surface area contributed by atoms with Gasteiger partial charge in [-0.15, -0.1) is 11.3 Å². The van der Waals surface area contributed by atoms with E-state index in [1.807, 2.05) is 11.4 Å². The summed E-state index contributed by atoms with van der Waals surface area (Å²) in [4.78, 5) is 9.85. The molecule has 2 aromatic rings. The summed E-state index contributed by atoms with van der Waals surface area (Å²) in [7, 11) is 0. The molecule has 0 atom stereocenters. The minimum Gasteiger partial charge on any atom is -0.383 e. The zero-order valence-corrected chi connectivity index (χ0v) is 11.9. The molecule has 2 N–H and O–H groups in total. The van der Waals surface area contributed by atoms with E-state index in [0.717, 1.165) is 15.0 Å². The van der Waals surface area contributed by atoms with Crippen LogP contribution in [-0.2, 0) is 0 Å². The van der Waals surface area contributed by atoms with Gasteiger partial charge < -0.3 is 5.73 Å². The van der Waals surface area contributed by atoms with Gasteiger partial charge in [0.05, 0.1) is 20.1 Å². The van der Waals surface area contributed by atoms with E-state index in [0.29, 0.717) is 22.6 Å². The quantitative estimate of drug-likeness (QED) is 0.902. The van der Waals surface area contributed by atoms with Crippen molar-refractivity contribution in [3.8, 4) is 10.7 Å². The van der Waals surface area contributed by atoms with Crippen molar-refractivity contribution in [3.63, 3.8) is 0 Å². The van der Waals surface area contributed by atoms with Gasteiger partial charge in [0.15, 0.2) is 5.82 Å². The molecule has 3 rings (SSSR count). The smallest absolute Gasteiger partial charge is 0.171 e. The highest BCUT2D eigenvalue weighted by atomic mass is 79.9. The second-order valence-electron chi connectivity index (χ2n) is 4.04. The molecule has 3 nitrogen and oxygen atoms in total. The first-order valence-electron chi connectivity index (χ1n) is 5.22. The number of nitrogens with two attached hydrogens (primary N) is 1. The number of nitrogen functional groups attached to an aromatic ring is 1. The van der Waals surface area contributed by atoms with Crippen LogP contribution in [0, 0.1) is 0 Å². The van der Waals surface area contributed by atoms with Crippen LogP contribution in [0.25, 0.3) is 10.7 Å². The molecule has 0 aromatic carbocycles. The van der Waals surface area contributed by atoms with Crippen molar-refractivity contribution in [2.45, 2.75) is 18.8 Å². The molecule has 0 radical (unpaired) electrons. The molecule has 2 aromatic heterocycles. The first-order valence-corrected chi connectivity index (χ1v) is 7.27. The van der Waals surface area contributed by atoms with Gasteiger partial charge in [-0.3, -0.25) is 0 Å². The molecule has 0 amide bonds. The molecule has 2 heterocycles. The maximum Gasteiger partial charge on any atom is 0.171 e. The van der Waals surface area contributed by atoms with Gasteiger partial charge in [0.1, 0.15) is 5.82 Å². The van der Waals surface area contributed by atoms with Gasteiger partial charge >= 0.3 is 0 Å². The van der Waals surface area contributed by atoms with Crippen LogP contribution in [-0.4, -0.2) is 9.97 Å². The van der Waals surface area contributed by atoms with Gasteiger partial charge in [-0.25, -0.2) is 9.97 Å². The van der Waals surface area contributed by atoms with Crippen molar-refractivity contribution in [2.75, 3.05) is 5.73 Å². The van der Waals surface area contributed by atoms with Crippen molar-refractivity contribution < 1.29 is 0 Å². The third kappa shape index (κ3) is 2.19. The van der Waals surface area contributed by atoms with Gasteiger partial charge in [-0.2, -0.15) is 0 Å². The lowest BCUT2D eigenvalue weighted by Crippen LogP contribution is -2.01. The maximum atomic E-state index is 5.91. The Morgan fingerprint density at radius 1 is 1.41 bits per heavy atom. The Bertz CT molecular complexity index is 580. The van der Waals surface area contributed by atoms with E-state index in [1.165, 1.54) is 24.2 Å². The summed E-state index contributed by atoms with van der Waals surface area (Å²) in [5.41, 5.74) is 6.93. The topological polar surface area (TPSA) is 51.8 Å². The molecule has 17 heavy (non-hydrogen) atoms. The number of anilines is 1. The number of thiophene rings is 1. The fourth-order valence-electron chi connectivity index (χ4n) is 1.65. The summed E-state index contributed by atoms with van der Waals surface area (Å²) < 4.78 is 0.839. The molecule has 1 saturated carbocycles. The highest BCUT2D eigenvalue weighted by molar-refractivity contribution is 9.10. The molecule has 0 unspecified atom stereocenters. The lowest BCUT2D eigenvalue weighted by molar-refractivity contribution is 0.986. The second kappa shape index (κ2) is 4.23. The number of hydrogen-bond acceptors (Lipinski definition) is 4. The number of halogens is 2. The van der Waals surface area contributed by atoms with Gasteiger partial charge in [-0.05, 0) is 34.8 Å². The molecule has 1 fully saturated rings. The Kier molecular flexibility index (Phi) is 2.84. The van der Waals surface area contributed by atoms with Crippen molar-refractivity contribution in [2.24, 2.45) is 0 Å². The molecule has 0 aliphatic heterocycles. The van der Waals surface area contributed by atoms with E-state index in [2.05, 4.69) is 25.9 Å². The Hall–Kier alpha value is -0.650. The molecule has 1 aliphatic carbocycles. The SMILES string of the molecule is Nc1nc(-c2cc(Cl)cs2)nc(C2CC2)c1Br. The van der Waals surface area contributed by atoms with E-state index in [1.54, 1.807) is 0 Å². The van der Waals surface area contributed by atoms with Gasteiger partial charge in [-0.1, -0.05) is 11.6 Å². The zero-order chi connectivity index (χ0) is 12.0. The van der Waals surface area contributed by atoms with Crippen molar-refractivity contribution in [1.29, 1.82) is 0 Å². The fourth-order valence-corrected chi connectivity index (χ4v) is 3.16. The van der Waals surface area contributed by atoms with Crippen LogP contribution in [0.4, 0.5) is 5.82 Å². The predicted molar refractivity (Wildman–Crippen MR) is 74.4 cm³/mol. The lowest BCUT2D eigenvalue weighted by atomic mass is 10.2. The molecular weight excluding hydrogens is 322 g/mol. The van der Waals surface area contributed by atoms with Crippen molar-refractivity contribution in [1.82, 2.24) is 9.97 Å². The second-order valence-corrected chi connectivity index (χ2v) is 6.18. The van der Waals surface area contributed by atoms with Gasteiger partial charge in [0.2, 0.25) is 0 Å². The van der Waals surface area contributed by atoms with Crippen LogP contribution in [0.15, 0.2) is 15.9 Å². The number of rotatable bonds is 2. The Labute approximate surface area is 116 Å². The third-order valence-corrected chi connectivity index (χ3v) is 4.74. The summed E-state index contributed by atoms with van der Waals surface area (Å²) in [6, 6.07) is 1.87. The van der Waals surface area contributed by atoms with Gasteiger partial charge in [0.25, 0.3) is 0 Å².